The Morgan fingerprint density at radius 1 is 1.06 bits per heavy atom. The van der Waals surface area contributed by atoms with Gasteiger partial charge in [0.25, 0.3) is 0 Å². The average Bonchev–Trinajstić information content (AvgIpc) is 2.86. The summed E-state index contributed by atoms with van der Waals surface area (Å²) in [6.07, 6.45) is 1.16. The molecule has 1 saturated heterocycles. The number of benzene rings is 2. The van der Waals surface area contributed by atoms with E-state index in [1.807, 2.05) is 54.6 Å². The van der Waals surface area contributed by atoms with E-state index in [1.165, 1.54) is 18.7 Å². The van der Waals surface area contributed by atoms with E-state index in [0.29, 0.717) is 44.9 Å². The molecule has 34 heavy (non-hydrogen) atoms. The van der Waals surface area contributed by atoms with Crippen molar-refractivity contribution in [2.24, 2.45) is 5.92 Å². The molecule has 2 amide bonds. The highest BCUT2D eigenvalue weighted by molar-refractivity contribution is 7.99. The number of thioether (sulfide) groups is 1. The Labute approximate surface area is 205 Å². The lowest BCUT2D eigenvalue weighted by Gasteiger charge is -2.33. The number of carbonyl (C=O) groups excluding carboxylic acids is 3. The van der Waals surface area contributed by atoms with E-state index in [2.05, 4.69) is 5.32 Å². The molecule has 3 rings (SSSR count). The van der Waals surface area contributed by atoms with Crippen molar-refractivity contribution in [1.29, 1.82) is 0 Å². The maximum atomic E-state index is 13.1. The maximum Gasteiger partial charge on any atom is 0.309 e. The van der Waals surface area contributed by atoms with Crippen molar-refractivity contribution in [1.82, 2.24) is 10.2 Å². The van der Waals surface area contributed by atoms with Gasteiger partial charge in [-0.2, -0.15) is 0 Å². The van der Waals surface area contributed by atoms with E-state index < -0.39 is 6.04 Å². The lowest BCUT2D eigenvalue weighted by atomic mass is 9.96. The molecule has 7 nitrogen and oxygen atoms in total. The SMILES string of the molecule is CCOC(=O)C1CCN(C(=O)C(CSc2ccc(OCc3ccccc3)cc2)NC(C)=O)CC1. The van der Waals surface area contributed by atoms with Gasteiger partial charge in [-0.1, -0.05) is 30.3 Å². The molecule has 0 aliphatic carbocycles. The van der Waals surface area contributed by atoms with Gasteiger partial charge in [0.15, 0.2) is 0 Å². The minimum Gasteiger partial charge on any atom is -0.489 e. The van der Waals surface area contributed by atoms with Gasteiger partial charge in [0.1, 0.15) is 18.4 Å². The van der Waals surface area contributed by atoms with Crippen molar-refractivity contribution >= 4 is 29.5 Å². The fourth-order valence-corrected chi connectivity index (χ4v) is 4.70. The monoisotopic (exact) mass is 484 g/mol. The van der Waals surface area contributed by atoms with Crippen LogP contribution in [-0.4, -0.2) is 54.2 Å². The van der Waals surface area contributed by atoms with E-state index in [0.717, 1.165) is 16.2 Å². The number of carbonyl (C=O) groups is 3. The first-order chi connectivity index (χ1) is 16.5. The van der Waals surface area contributed by atoms with Crippen LogP contribution in [0.5, 0.6) is 5.75 Å². The minimum atomic E-state index is -0.629. The second-order valence-corrected chi connectivity index (χ2v) is 9.25. The predicted octanol–water partition coefficient (Wildman–Crippen LogP) is 3.66. The highest BCUT2D eigenvalue weighted by Gasteiger charge is 2.31. The van der Waals surface area contributed by atoms with Gasteiger partial charge in [-0.05, 0) is 49.6 Å². The van der Waals surface area contributed by atoms with Gasteiger partial charge in [-0.15, -0.1) is 11.8 Å². The van der Waals surface area contributed by atoms with E-state index in [1.54, 1.807) is 11.8 Å². The average molecular weight is 485 g/mol. The molecule has 0 saturated carbocycles. The summed E-state index contributed by atoms with van der Waals surface area (Å²) in [5, 5.41) is 2.78. The third-order valence-corrected chi connectivity index (χ3v) is 6.70. The Kier molecular flexibility index (Phi) is 9.82. The summed E-state index contributed by atoms with van der Waals surface area (Å²) in [7, 11) is 0. The van der Waals surface area contributed by atoms with Crippen molar-refractivity contribution in [3.05, 3.63) is 60.2 Å². The van der Waals surface area contributed by atoms with Crippen LogP contribution in [0.2, 0.25) is 0 Å². The Morgan fingerprint density at radius 2 is 1.74 bits per heavy atom. The summed E-state index contributed by atoms with van der Waals surface area (Å²) in [4.78, 5) is 39.5. The largest absolute Gasteiger partial charge is 0.489 e. The summed E-state index contributed by atoms with van der Waals surface area (Å²) in [5.74, 6) is 0.463. The van der Waals surface area contributed by atoms with Crippen LogP contribution in [0, 0.1) is 5.92 Å². The Balaban J connectivity index is 1.51. The smallest absolute Gasteiger partial charge is 0.309 e. The summed E-state index contributed by atoms with van der Waals surface area (Å²) >= 11 is 1.51. The summed E-state index contributed by atoms with van der Waals surface area (Å²) in [5.41, 5.74) is 1.10. The molecule has 1 fully saturated rings. The number of nitrogens with zero attached hydrogens (tertiary/aromatic N) is 1. The summed E-state index contributed by atoms with van der Waals surface area (Å²) < 4.78 is 10.9. The van der Waals surface area contributed by atoms with Gasteiger partial charge >= 0.3 is 5.97 Å². The molecule has 182 valence electrons. The normalized spacial score (nSPS) is 14.8. The molecule has 0 aromatic heterocycles. The second-order valence-electron chi connectivity index (χ2n) is 8.16. The first kappa shape index (κ1) is 25.6. The summed E-state index contributed by atoms with van der Waals surface area (Å²) in [6.45, 7) is 5.03. The molecule has 0 spiro atoms. The van der Waals surface area contributed by atoms with Gasteiger partial charge in [-0.25, -0.2) is 0 Å². The molecule has 0 bridgehead atoms. The van der Waals surface area contributed by atoms with Crippen LogP contribution in [0.4, 0.5) is 0 Å². The van der Waals surface area contributed by atoms with Crippen molar-refractivity contribution in [2.75, 3.05) is 25.4 Å². The van der Waals surface area contributed by atoms with Crippen molar-refractivity contribution in [3.8, 4) is 5.75 Å². The molecule has 2 aromatic carbocycles. The minimum absolute atomic E-state index is 0.118. The second kappa shape index (κ2) is 13.0. The highest BCUT2D eigenvalue weighted by Crippen LogP contribution is 2.24. The Morgan fingerprint density at radius 3 is 2.35 bits per heavy atom. The third-order valence-electron chi connectivity index (χ3n) is 5.59. The molecule has 1 aliphatic rings. The van der Waals surface area contributed by atoms with Gasteiger partial charge in [0, 0.05) is 30.7 Å². The van der Waals surface area contributed by atoms with Crippen LogP contribution in [0.15, 0.2) is 59.5 Å². The number of hydrogen-bond acceptors (Lipinski definition) is 6. The topological polar surface area (TPSA) is 84.9 Å². The van der Waals surface area contributed by atoms with Crippen molar-refractivity contribution in [2.45, 2.75) is 44.2 Å². The van der Waals surface area contributed by atoms with E-state index in [-0.39, 0.29) is 23.7 Å². The molecule has 8 heteroatoms. The zero-order valence-electron chi connectivity index (χ0n) is 19.7. The van der Waals surface area contributed by atoms with Gasteiger partial charge < -0.3 is 19.7 Å². The number of nitrogens with one attached hydrogen (secondary N) is 1. The fraction of sp³-hybridized carbons (Fsp3) is 0.423. The van der Waals surface area contributed by atoms with Gasteiger partial charge in [0.2, 0.25) is 11.8 Å². The molecule has 1 heterocycles. The van der Waals surface area contributed by atoms with Crippen LogP contribution in [0.3, 0.4) is 0 Å². The Hall–Kier alpha value is -3.00. The maximum absolute atomic E-state index is 13.1. The van der Waals surface area contributed by atoms with Gasteiger partial charge in [-0.3, -0.25) is 14.4 Å². The molecule has 0 radical (unpaired) electrons. The molecular formula is C26H32N2O5S. The molecule has 1 atom stereocenters. The van der Waals surface area contributed by atoms with E-state index >= 15 is 0 Å². The van der Waals surface area contributed by atoms with E-state index in [4.69, 9.17) is 9.47 Å². The molecule has 2 aromatic rings. The summed E-state index contributed by atoms with van der Waals surface area (Å²) in [6, 6.07) is 17.0. The third kappa shape index (κ3) is 7.80. The predicted molar refractivity (Wildman–Crippen MR) is 131 cm³/mol. The zero-order chi connectivity index (χ0) is 24.3. The van der Waals surface area contributed by atoms with Crippen LogP contribution < -0.4 is 10.1 Å². The molecular weight excluding hydrogens is 452 g/mol. The molecule has 1 aliphatic heterocycles. The van der Waals surface area contributed by atoms with Gasteiger partial charge in [0.05, 0.1) is 12.5 Å². The van der Waals surface area contributed by atoms with Crippen molar-refractivity contribution < 1.29 is 23.9 Å². The quantitative estimate of drug-likeness (QED) is 0.409. The highest BCUT2D eigenvalue weighted by atomic mass is 32.2. The Bertz CT molecular complexity index is 943. The zero-order valence-corrected chi connectivity index (χ0v) is 20.5. The standard InChI is InChI=1S/C26H32N2O5S/c1-3-32-26(31)21-13-15-28(16-14-21)25(30)24(27-19(2)29)18-34-23-11-9-22(10-12-23)33-17-20-7-5-4-6-8-20/h4-12,21,24H,3,13-18H2,1-2H3,(H,27,29). The van der Waals surface area contributed by atoms with Crippen LogP contribution in [-0.2, 0) is 25.7 Å². The lowest BCUT2D eigenvalue weighted by Crippen LogP contribution is -2.52. The van der Waals surface area contributed by atoms with E-state index in [9.17, 15) is 14.4 Å². The van der Waals surface area contributed by atoms with Crippen LogP contribution >= 0.6 is 11.8 Å². The number of hydrogen-bond donors (Lipinski definition) is 1. The number of esters is 1. The number of ether oxygens (including phenoxy) is 2. The number of rotatable bonds is 10. The number of piperidine rings is 1. The van der Waals surface area contributed by atoms with Crippen molar-refractivity contribution in [3.63, 3.8) is 0 Å². The van der Waals surface area contributed by atoms with Crippen LogP contribution in [0.25, 0.3) is 0 Å². The lowest BCUT2D eigenvalue weighted by molar-refractivity contribution is -0.151. The first-order valence-electron chi connectivity index (χ1n) is 11.6. The number of likely N-dealkylation sites (tertiary alicyclic amines) is 1. The first-order valence-corrected chi connectivity index (χ1v) is 12.6. The molecule has 1 unspecified atom stereocenters. The van der Waals surface area contributed by atoms with Crippen LogP contribution in [0.1, 0.15) is 32.3 Å². The number of amides is 2. The molecule has 1 N–H and O–H groups in total. The fourth-order valence-electron chi connectivity index (χ4n) is 3.79.